The number of pyridine rings is 1. The molecule has 0 spiro atoms. The zero-order valence-electron chi connectivity index (χ0n) is 16.3. The van der Waals surface area contributed by atoms with E-state index in [1.165, 1.54) is 24.8 Å². The second kappa shape index (κ2) is 6.91. The molecule has 0 amide bonds. The number of imidazole rings is 1. The molecule has 3 heterocycles. The van der Waals surface area contributed by atoms with Gasteiger partial charge in [-0.25, -0.2) is 9.97 Å². The molecule has 0 aliphatic heterocycles. The molecule has 1 saturated carbocycles. The molecule has 1 fully saturated rings. The fourth-order valence-electron chi connectivity index (χ4n) is 4.10. The molecular formula is C24H20N6. The number of benzene rings is 2. The molecule has 146 valence electrons. The van der Waals surface area contributed by atoms with E-state index in [-0.39, 0.29) is 0 Å². The van der Waals surface area contributed by atoms with Gasteiger partial charge in [0.05, 0.1) is 17.5 Å². The SMILES string of the molecule is c1ccc(-c2ccnc3ccc(Nc4nc(C5CCC5)c5nc[nH]c5n4)cc23)cc1. The lowest BCUT2D eigenvalue weighted by molar-refractivity contribution is 0.413. The van der Waals surface area contributed by atoms with Crippen molar-refractivity contribution in [3.63, 3.8) is 0 Å². The first-order valence-corrected chi connectivity index (χ1v) is 10.3. The monoisotopic (exact) mass is 392 g/mol. The summed E-state index contributed by atoms with van der Waals surface area (Å²) in [5.41, 5.74) is 6.94. The van der Waals surface area contributed by atoms with Gasteiger partial charge in [-0.2, -0.15) is 4.98 Å². The summed E-state index contributed by atoms with van der Waals surface area (Å²) in [4.78, 5) is 21.6. The molecule has 5 aromatic rings. The summed E-state index contributed by atoms with van der Waals surface area (Å²) < 4.78 is 0. The van der Waals surface area contributed by atoms with Crippen LogP contribution in [0.25, 0.3) is 33.2 Å². The summed E-state index contributed by atoms with van der Waals surface area (Å²) in [6.45, 7) is 0. The lowest BCUT2D eigenvalue weighted by atomic mass is 9.82. The Kier molecular flexibility index (Phi) is 3.94. The van der Waals surface area contributed by atoms with Crippen molar-refractivity contribution in [2.45, 2.75) is 25.2 Å². The Morgan fingerprint density at radius 1 is 0.933 bits per heavy atom. The first-order valence-electron chi connectivity index (χ1n) is 10.3. The van der Waals surface area contributed by atoms with Crippen molar-refractivity contribution in [3.8, 4) is 11.1 Å². The smallest absolute Gasteiger partial charge is 0.229 e. The van der Waals surface area contributed by atoms with E-state index in [9.17, 15) is 0 Å². The van der Waals surface area contributed by atoms with Crippen LogP contribution >= 0.6 is 0 Å². The summed E-state index contributed by atoms with van der Waals surface area (Å²) in [5, 5.41) is 4.50. The predicted octanol–water partition coefficient (Wildman–Crippen LogP) is 5.58. The summed E-state index contributed by atoms with van der Waals surface area (Å²) in [7, 11) is 0. The van der Waals surface area contributed by atoms with Crippen LogP contribution < -0.4 is 5.32 Å². The van der Waals surface area contributed by atoms with Crippen LogP contribution in [0, 0.1) is 0 Å². The summed E-state index contributed by atoms with van der Waals surface area (Å²) >= 11 is 0. The average Bonchev–Trinajstić information content (AvgIpc) is 3.22. The van der Waals surface area contributed by atoms with Crippen LogP contribution in [0.3, 0.4) is 0 Å². The van der Waals surface area contributed by atoms with Crippen LogP contribution in [0.5, 0.6) is 0 Å². The quantitative estimate of drug-likeness (QED) is 0.417. The molecule has 0 atom stereocenters. The van der Waals surface area contributed by atoms with Crippen LogP contribution in [0.2, 0.25) is 0 Å². The highest BCUT2D eigenvalue weighted by Gasteiger charge is 2.25. The van der Waals surface area contributed by atoms with Gasteiger partial charge in [0.15, 0.2) is 5.65 Å². The molecule has 1 aliphatic carbocycles. The van der Waals surface area contributed by atoms with Crippen molar-refractivity contribution < 1.29 is 0 Å². The number of nitrogens with zero attached hydrogens (tertiary/aromatic N) is 4. The van der Waals surface area contributed by atoms with Crippen LogP contribution in [-0.2, 0) is 0 Å². The Labute approximate surface area is 173 Å². The van der Waals surface area contributed by atoms with Crippen LogP contribution in [0.4, 0.5) is 11.6 Å². The summed E-state index contributed by atoms with van der Waals surface area (Å²) in [6, 6.07) is 18.6. The Hall–Kier alpha value is -3.80. The minimum atomic E-state index is 0.477. The van der Waals surface area contributed by atoms with Gasteiger partial charge in [-0.05, 0) is 48.2 Å². The number of aromatic amines is 1. The zero-order valence-corrected chi connectivity index (χ0v) is 16.3. The number of hydrogen-bond acceptors (Lipinski definition) is 5. The van der Waals surface area contributed by atoms with Crippen molar-refractivity contribution >= 4 is 33.7 Å². The van der Waals surface area contributed by atoms with Gasteiger partial charge in [0.2, 0.25) is 5.95 Å². The third kappa shape index (κ3) is 2.88. The molecule has 0 saturated heterocycles. The first-order chi connectivity index (χ1) is 14.8. The fraction of sp³-hybridized carbons (Fsp3) is 0.167. The Morgan fingerprint density at radius 2 is 1.83 bits per heavy atom. The van der Waals surface area contributed by atoms with Crippen LogP contribution in [0.15, 0.2) is 67.1 Å². The molecule has 0 bridgehead atoms. The minimum absolute atomic E-state index is 0.477. The van der Waals surface area contributed by atoms with Gasteiger partial charge in [-0.3, -0.25) is 4.98 Å². The lowest BCUT2D eigenvalue weighted by Gasteiger charge is -2.25. The second-order valence-corrected chi connectivity index (χ2v) is 7.74. The third-order valence-electron chi connectivity index (χ3n) is 5.88. The van der Waals surface area contributed by atoms with E-state index in [0.717, 1.165) is 39.0 Å². The van der Waals surface area contributed by atoms with E-state index in [0.29, 0.717) is 11.9 Å². The third-order valence-corrected chi connectivity index (χ3v) is 5.88. The molecular weight excluding hydrogens is 372 g/mol. The van der Waals surface area contributed by atoms with Crippen molar-refractivity contribution in [2.75, 3.05) is 5.32 Å². The molecule has 2 aromatic carbocycles. The molecule has 6 heteroatoms. The number of aromatic nitrogens is 5. The van der Waals surface area contributed by atoms with Gasteiger partial charge in [-0.15, -0.1) is 0 Å². The van der Waals surface area contributed by atoms with Gasteiger partial charge < -0.3 is 10.3 Å². The summed E-state index contributed by atoms with van der Waals surface area (Å²) in [5.74, 6) is 1.07. The van der Waals surface area contributed by atoms with Crippen molar-refractivity contribution in [3.05, 3.63) is 72.8 Å². The van der Waals surface area contributed by atoms with Gasteiger partial charge in [-0.1, -0.05) is 36.8 Å². The molecule has 0 radical (unpaired) electrons. The lowest BCUT2D eigenvalue weighted by Crippen LogP contribution is -2.13. The largest absolute Gasteiger partial charge is 0.329 e. The van der Waals surface area contributed by atoms with Crippen molar-refractivity contribution in [1.82, 2.24) is 24.9 Å². The Bertz CT molecular complexity index is 1350. The van der Waals surface area contributed by atoms with Crippen molar-refractivity contribution in [1.29, 1.82) is 0 Å². The highest BCUT2D eigenvalue weighted by Crippen LogP contribution is 2.38. The Morgan fingerprint density at radius 3 is 2.67 bits per heavy atom. The number of hydrogen-bond donors (Lipinski definition) is 2. The normalized spacial score (nSPS) is 14.1. The van der Waals surface area contributed by atoms with E-state index >= 15 is 0 Å². The molecule has 30 heavy (non-hydrogen) atoms. The van der Waals surface area contributed by atoms with Gasteiger partial charge in [0.1, 0.15) is 5.52 Å². The van der Waals surface area contributed by atoms with Crippen LogP contribution in [-0.4, -0.2) is 24.9 Å². The second-order valence-electron chi connectivity index (χ2n) is 7.74. The minimum Gasteiger partial charge on any atom is -0.329 e. The molecule has 6 rings (SSSR count). The maximum absolute atomic E-state index is 4.83. The average molecular weight is 392 g/mol. The number of rotatable bonds is 4. The molecule has 3 aromatic heterocycles. The van der Waals surface area contributed by atoms with Gasteiger partial charge >= 0.3 is 0 Å². The number of fused-ring (bicyclic) bond motifs is 2. The van der Waals surface area contributed by atoms with E-state index in [1.807, 2.05) is 24.4 Å². The van der Waals surface area contributed by atoms with Crippen LogP contribution in [0.1, 0.15) is 30.9 Å². The zero-order chi connectivity index (χ0) is 19.9. The molecule has 2 N–H and O–H groups in total. The fourth-order valence-corrected chi connectivity index (χ4v) is 4.10. The van der Waals surface area contributed by atoms with E-state index in [4.69, 9.17) is 4.98 Å². The van der Waals surface area contributed by atoms with Gasteiger partial charge in [0, 0.05) is 23.2 Å². The Balaban J connectivity index is 1.42. The maximum atomic E-state index is 4.83. The highest BCUT2D eigenvalue weighted by molar-refractivity contribution is 5.96. The topological polar surface area (TPSA) is 79.4 Å². The van der Waals surface area contributed by atoms with E-state index in [2.05, 4.69) is 61.7 Å². The van der Waals surface area contributed by atoms with E-state index in [1.54, 1.807) is 6.33 Å². The number of nitrogens with one attached hydrogen (secondary N) is 2. The maximum Gasteiger partial charge on any atom is 0.229 e. The highest BCUT2D eigenvalue weighted by atomic mass is 15.1. The standard InChI is InChI=1S/C24H20N6/c1-2-5-15(6-3-1)18-11-12-25-20-10-9-17(13-19(18)20)28-24-29-21(16-7-4-8-16)22-23(30-24)27-14-26-22/h1-3,5-6,9-14,16H,4,7-8H2,(H2,26,27,28,29,30). The van der Waals surface area contributed by atoms with Crippen molar-refractivity contribution in [2.24, 2.45) is 0 Å². The molecule has 0 unspecified atom stereocenters. The number of anilines is 2. The molecule has 6 nitrogen and oxygen atoms in total. The van der Waals surface area contributed by atoms with E-state index < -0.39 is 0 Å². The molecule has 1 aliphatic rings. The predicted molar refractivity (Wildman–Crippen MR) is 119 cm³/mol. The number of H-pyrrole nitrogens is 1. The first kappa shape index (κ1) is 17.1. The summed E-state index contributed by atoms with van der Waals surface area (Å²) in [6.07, 6.45) is 7.14. The van der Waals surface area contributed by atoms with Gasteiger partial charge in [0.25, 0.3) is 0 Å².